The molecule has 0 amide bonds. The molecule has 36 heavy (non-hydrogen) atoms. The minimum absolute atomic E-state index is 0. The second kappa shape index (κ2) is 14.0. The molecule has 1 atom stereocenters. The van der Waals surface area contributed by atoms with Crippen LogP contribution in [0.2, 0.25) is 0 Å². The zero-order valence-corrected chi connectivity index (χ0v) is 28.2. The Morgan fingerprint density at radius 1 is 0.833 bits per heavy atom. The molecule has 0 spiro atoms. The van der Waals surface area contributed by atoms with Crippen LogP contribution in [-0.2, 0) is 34.2 Å². The number of hydrogen-bond acceptors (Lipinski definition) is 0. The normalized spacial score (nSPS) is 15.0. The van der Waals surface area contributed by atoms with Gasteiger partial charge in [-0.05, 0) is 22.0 Å². The van der Waals surface area contributed by atoms with Crippen LogP contribution in [-0.4, -0.2) is 6.88 Å². The molecule has 3 aromatic carbocycles. The van der Waals surface area contributed by atoms with Crippen molar-refractivity contribution in [3.63, 3.8) is 0 Å². The number of rotatable bonds is 1. The minimum atomic E-state index is 0. The maximum atomic E-state index is 3.36. The van der Waals surface area contributed by atoms with Crippen molar-refractivity contribution >= 4 is 17.7 Å². The molecule has 0 bridgehead atoms. The quantitative estimate of drug-likeness (QED) is 0.201. The van der Waals surface area contributed by atoms with Gasteiger partial charge in [-0.15, -0.1) is 53.6 Å². The topological polar surface area (TPSA) is 0 Å². The third-order valence-electron chi connectivity index (χ3n) is 6.89. The predicted molar refractivity (Wildman–Crippen MR) is 161 cm³/mol. The summed E-state index contributed by atoms with van der Waals surface area (Å²) in [6.45, 7) is 25.5. The van der Waals surface area contributed by atoms with Crippen LogP contribution in [0.15, 0.2) is 71.3 Å². The van der Waals surface area contributed by atoms with Gasteiger partial charge in [-0.2, -0.15) is 11.1 Å². The molecule has 0 aromatic heterocycles. The third kappa shape index (κ3) is 8.32. The van der Waals surface area contributed by atoms with Gasteiger partial charge in [0, 0.05) is 0 Å². The maximum absolute atomic E-state index is 3.36. The molecule has 0 N–H and O–H groups in total. The summed E-state index contributed by atoms with van der Waals surface area (Å²) in [6, 6.07) is 20.3. The van der Waals surface area contributed by atoms with Gasteiger partial charge in [0.1, 0.15) is 0 Å². The molecule has 4 rings (SSSR count). The number of hydrogen-bond donors (Lipinski definition) is 0. The molecule has 0 nitrogen and oxygen atoms in total. The van der Waals surface area contributed by atoms with Gasteiger partial charge in [-0.25, -0.2) is 5.57 Å². The van der Waals surface area contributed by atoms with Crippen LogP contribution in [0.1, 0.15) is 80.4 Å². The number of fused-ring (bicyclic) bond motifs is 1. The summed E-state index contributed by atoms with van der Waals surface area (Å²) in [4.78, 5) is 0. The van der Waals surface area contributed by atoms with Gasteiger partial charge in [-0.1, -0.05) is 98.1 Å². The Kier molecular flexibility index (Phi) is 13.4. The van der Waals surface area contributed by atoms with Crippen molar-refractivity contribution in [3.8, 4) is 11.1 Å². The van der Waals surface area contributed by atoms with E-state index < -0.39 is 0 Å². The van der Waals surface area contributed by atoms with E-state index in [9.17, 15) is 0 Å². The van der Waals surface area contributed by atoms with Crippen molar-refractivity contribution in [1.82, 2.24) is 0 Å². The molecule has 3 aromatic rings. The first kappa shape index (κ1) is 34.6. The van der Waals surface area contributed by atoms with Crippen LogP contribution in [0, 0.1) is 26.8 Å². The molecule has 0 saturated heterocycles. The molecule has 0 fully saturated rings. The Bertz CT molecular complexity index is 1160. The van der Waals surface area contributed by atoms with Crippen molar-refractivity contribution in [2.24, 2.45) is 5.92 Å². The third-order valence-corrected chi connectivity index (χ3v) is 6.89. The van der Waals surface area contributed by atoms with Gasteiger partial charge < -0.3 is 14.9 Å². The summed E-state index contributed by atoms with van der Waals surface area (Å²) >= 11 is 1.36. The van der Waals surface area contributed by atoms with Crippen molar-refractivity contribution in [2.45, 2.75) is 80.1 Å². The first-order chi connectivity index (χ1) is 15.8. The predicted octanol–water partition coefficient (Wildman–Crippen LogP) is 10.1. The molecule has 1 unspecified atom stereocenters. The fraction of sp³-hybridized carbons (Fsp3) is 0.382. The molecule has 0 aliphatic heterocycles. The monoisotopic (exact) mass is 572 g/mol. The Morgan fingerprint density at radius 3 is 1.72 bits per heavy atom. The second-order valence-electron chi connectivity index (χ2n) is 11.4. The van der Waals surface area contributed by atoms with Crippen molar-refractivity contribution < 1.29 is 23.3 Å². The van der Waals surface area contributed by atoms with E-state index in [-0.39, 0.29) is 25.7 Å². The van der Waals surface area contributed by atoms with E-state index in [2.05, 4.69) is 137 Å². The van der Waals surface area contributed by atoms with E-state index in [0.29, 0.717) is 5.92 Å². The summed E-state index contributed by atoms with van der Waals surface area (Å²) < 4.78 is 0. The van der Waals surface area contributed by atoms with Crippen LogP contribution < -0.4 is 0 Å². The van der Waals surface area contributed by atoms with Crippen molar-refractivity contribution in [1.29, 1.82) is 0 Å². The van der Waals surface area contributed by atoms with Gasteiger partial charge in [0.05, 0.1) is 0 Å². The Morgan fingerprint density at radius 2 is 1.33 bits per heavy atom. The fourth-order valence-corrected chi connectivity index (χ4v) is 4.21. The van der Waals surface area contributed by atoms with Gasteiger partial charge in [0.2, 0.25) is 0 Å². The first-order valence-electron chi connectivity index (χ1n) is 12.1. The number of allylic oxidation sites excluding steroid dienone is 4. The van der Waals surface area contributed by atoms with E-state index in [1.54, 1.807) is 0 Å². The van der Waals surface area contributed by atoms with Crippen molar-refractivity contribution in [3.05, 3.63) is 103 Å². The molecule has 194 valence electrons. The average Bonchev–Trinajstić information content (AvgIpc) is 3.31. The summed E-state index contributed by atoms with van der Waals surface area (Å²) in [5.41, 5.74) is 10.0. The van der Waals surface area contributed by atoms with E-state index in [0.717, 1.165) is 0 Å². The van der Waals surface area contributed by atoms with E-state index in [4.69, 9.17) is 0 Å². The standard InChI is InChI=1S/C23H27.C9H13.2CH3.Si.Zr/c1-22(2,3)18-13-17(14-19(15-18)23(4,5)6)21-12-11-16-9-7-8-10-20(16)21;1-6-5-7(2)9(4)8(6)3;;;;/h7-15H,1-6H3;6H,1-4H3;2*1H3;;/q4*-1;;. The second-order valence-corrected chi connectivity index (χ2v) is 11.4. The Hall–Kier alpha value is -1.37. The average molecular weight is 574 g/mol. The molecule has 2 heteroatoms. The molecular weight excluding hydrogens is 528 g/mol. The van der Waals surface area contributed by atoms with E-state index in [1.807, 2.05) is 0 Å². The first-order valence-corrected chi connectivity index (χ1v) is 16.3. The van der Waals surface area contributed by atoms with Gasteiger partial charge in [-0.3, -0.25) is 6.08 Å². The van der Waals surface area contributed by atoms with E-state index in [1.165, 1.54) is 73.1 Å². The zero-order chi connectivity index (χ0) is 25.8. The van der Waals surface area contributed by atoms with Crippen LogP contribution in [0.5, 0.6) is 0 Å². The molecule has 0 heterocycles. The summed E-state index contributed by atoms with van der Waals surface area (Å²) in [5, 5.41) is 2.67. The van der Waals surface area contributed by atoms with Crippen LogP contribution in [0.3, 0.4) is 0 Å². The summed E-state index contributed by atoms with van der Waals surface area (Å²) in [5.74, 6) is 0.560. The van der Waals surface area contributed by atoms with Crippen molar-refractivity contribution in [2.75, 3.05) is 0 Å². The Labute approximate surface area is 240 Å². The van der Waals surface area contributed by atoms with Crippen LogP contribution in [0.25, 0.3) is 21.9 Å². The SMILES string of the molecule is CC(C)(C)c1cc(-c2c[cH-]c3ccccc23)cc(C(C)(C)C)c1.CC1=[C-]C(C)C(C)=C1C.[CH3-].[CH3-].[Si]=[Zr]. The molecule has 1 aliphatic carbocycles. The summed E-state index contributed by atoms with van der Waals surface area (Å²) in [6.07, 6.45) is 3.36. The number of benzene rings is 2. The molecule has 1 aliphatic rings. The Balaban J connectivity index is 0.000000800. The fourth-order valence-electron chi connectivity index (χ4n) is 4.21. The van der Waals surface area contributed by atoms with E-state index >= 15 is 0 Å². The van der Waals surface area contributed by atoms with Gasteiger partial charge in [0.15, 0.2) is 0 Å². The molecule has 2 radical (unpaired) electrons. The van der Waals surface area contributed by atoms with Gasteiger partial charge >= 0.3 is 30.2 Å². The molecular formula is C34H46SiZr-4. The molecule has 0 saturated carbocycles. The zero-order valence-electron chi connectivity index (χ0n) is 24.8. The summed E-state index contributed by atoms with van der Waals surface area (Å²) in [7, 11) is 0. The van der Waals surface area contributed by atoms with Crippen LogP contribution in [0.4, 0.5) is 0 Å². The van der Waals surface area contributed by atoms with Crippen LogP contribution >= 0.6 is 0 Å². The van der Waals surface area contributed by atoms with Gasteiger partial charge in [0.25, 0.3) is 0 Å².